The summed E-state index contributed by atoms with van der Waals surface area (Å²) in [5.41, 5.74) is 0. The van der Waals surface area contributed by atoms with Crippen molar-refractivity contribution >= 4 is 17.8 Å². The van der Waals surface area contributed by atoms with Gasteiger partial charge in [0.1, 0.15) is 5.92 Å². The van der Waals surface area contributed by atoms with Crippen LogP contribution < -0.4 is 5.32 Å². The first kappa shape index (κ1) is 14.0. The molecule has 106 valence electrons. The average molecular weight is 267 g/mol. The molecule has 1 aliphatic heterocycles. The molecule has 0 spiro atoms. The number of carbonyl (C=O) groups excluding carboxylic acids is 3. The first-order valence-electron chi connectivity index (χ1n) is 6.81. The molecule has 2 aliphatic rings. The van der Waals surface area contributed by atoms with E-state index >= 15 is 0 Å². The van der Waals surface area contributed by atoms with Crippen LogP contribution in [0.1, 0.15) is 25.7 Å². The predicted molar refractivity (Wildman–Crippen MR) is 69.3 cm³/mol. The molecular formula is C13H21N3O3. The van der Waals surface area contributed by atoms with Gasteiger partial charge in [-0.2, -0.15) is 0 Å². The maximum absolute atomic E-state index is 12.4. The molecule has 0 aromatic carbocycles. The molecule has 1 aliphatic carbocycles. The van der Waals surface area contributed by atoms with E-state index in [1.54, 1.807) is 0 Å². The number of rotatable bonds is 4. The van der Waals surface area contributed by atoms with E-state index in [1.807, 2.05) is 19.0 Å². The minimum atomic E-state index is -0.664. The lowest BCUT2D eigenvalue weighted by molar-refractivity contribution is -0.145. The molecule has 1 unspecified atom stereocenters. The summed E-state index contributed by atoms with van der Waals surface area (Å²) in [6.07, 6.45) is 3.93. The minimum Gasteiger partial charge on any atom is -0.308 e. The summed E-state index contributed by atoms with van der Waals surface area (Å²) in [7, 11) is 3.76. The fraction of sp³-hybridized carbons (Fsp3) is 0.769. The first-order valence-corrected chi connectivity index (χ1v) is 6.81. The monoisotopic (exact) mass is 267 g/mol. The number of likely N-dealkylation sites (N-methyl/N-ethyl adjacent to an activating group) is 1. The van der Waals surface area contributed by atoms with Crippen LogP contribution in [0.25, 0.3) is 0 Å². The molecule has 19 heavy (non-hydrogen) atoms. The van der Waals surface area contributed by atoms with Gasteiger partial charge in [-0.05, 0) is 32.9 Å². The fourth-order valence-electron chi connectivity index (χ4n) is 2.85. The summed E-state index contributed by atoms with van der Waals surface area (Å²) in [5.74, 6) is -1.30. The largest absolute Gasteiger partial charge is 0.330 e. The molecule has 6 heteroatoms. The molecule has 0 radical (unpaired) electrons. The van der Waals surface area contributed by atoms with Crippen LogP contribution in [0, 0.1) is 11.8 Å². The number of urea groups is 1. The Kier molecular flexibility index (Phi) is 4.19. The maximum atomic E-state index is 12.4. The third kappa shape index (κ3) is 2.94. The van der Waals surface area contributed by atoms with E-state index in [2.05, 4.69) is 5.32 Å². The van der Waals surface area contributed by atoms with Gasteiger partial charge < -0.3 is 4.90 Å². The van der Waals surface area contributed by atoms with E-state index in [9.17, 15) is 14.4 Å². The quantitative estimate of drug-likeness (QED) is 0.750. The standard InChI is InChI=1S/C13H21N3O3/c1-15(2)7-8-16-12(18)10(9-5-3-4-6-9)11(17)14-13(16)19/h9-10H,3-8H2,1-2H3,(H,14,17,19). The third-order valence-electron chi connectivity index (χ3n) is 3.93. The van der Waals surface area contributed by atoms with E-state index in [1.165, 1.54) is 4.90 Å². The summed E-state index contributed by atoms with van der Waals surface area (Å²) in [6, 6.07) is -0.578. The number of amides is 4. The Labute approximate surface area is 113 Å². The second kappa shape index (κ2) is 5.69. The zero-order valence-corrected chi connectivity index (χ0v) is 11.5. The third-order valence-corrected chi connectivity index (χ3v) is 3.93. The van der Waals surface area contributed by atoms with E-state index in [0.717, 1.165) is 25.7 Å². The topological polar surface area (TPSA) is 69.7 Å². The molecule has 0 bridgehead atoms. The van der Waals surface area contributed by atoms with Crippen molar-refractivity contribution in [3.63, 3.8) is 0 Å². The Morgan fingerprint density at radius 1 is 1.21 bits per heavy atom. The summed E-state index contributed by atoms with van der Waals surface area (Å²) >= 11 is 0. The second-order valence-electron chi connectivity index (χ2n) is 5.61. The number of imide groups is 2. The lowest BCUT2D eigenvalue weighted by Gasteiger charge is -2.33. The molecule has 1 N–H and O–H groups in total. The Morgan fingerprint density at radius 2 is 1.84 bits per heavy atom. The summed E-state index contributed by atoms with van der Waals surface area (Å²) in [5, 5.41) is 2.32. The number of hydrogen-bond acceptors (Lipinski definition) is 4. The lowest BCUT2D eigenvalue weighted by atomic mass is 9.87. The first-order chi connectivity index (χ1) is 9.00. The van der Waals surface area contributed by atoms with Crippen molar-refractivity contribution < 1.29 is 14.4 Å². The summed E-state index contributed by atoms with van der Waals surface area (Å²) < 4.78 is 0. The molecule has 6 nitrogen and oxygen atoms in total. The number of nitrogens with zero attached hydrogens (tertiary/aromatic N) is 2. The zero-order chi connectivity index (χ0) is 14.0. The Balaban J connectivity index is 2.09. The van der Waals surface area contributed by atoms with Gasteiger partial charge in [-0.1, -0.05) is 12.8 Å². The van der Waals surface area contributed by atoms with Gasteiger partial charge in [0.2, 0.25) is 11.8 Å². The molecule has 1 saturated heterocycles. The minimum absolute atomic E-state index is 0.0995. The van der Waals surface area contributed by atoms with Gasteiger partial charge in [-0.25, -0.2) is 4.79 Å². The molecular weight excluding hydrogens is 246 g/mol. The van der Waals surface area contributed by atoms with E-state index in [-0.39, 0.29) is 11.8 Å². The highest BCUT2D eigenvalue weighted by atomic mass is 16.2. The molecule has 1 heterocycles. The van der Waals surface area contributed by atoms with Crippen molar-refractivity contribution in [1.82, 2.24) is 15.1 Å². The van der Waals surface area contributed by atoms with Crippen LogP contribution in [0.3, 0.4) is 0 Å². The van der Waals surface area contributed by atoms with Crippen LogP contribution in [0.15, 0.2) is 0 Å². The van der Waals surface area contributed by atoms with Crippen molar-refractivity contribution in [2.75, 3.05) is 27.2 Å². The van der Waals surface area contributed by atoms with E-state index in [4.69, 9.17) is 0 Å². The van der Waals surface area contributed by atoms with Gasteiger partial charge in [0.25, 0.3) is 0 Å². The molecule has 1 atom stereocenters. The zero-order valence-electron chi connectivity index (χ0n) is 11.5. The van der Waals surface area contributed by atoms with Gasteiger partial charge in [-0.15, -0.1) is 0 Å². The van der Waals surface area contributed by atoms with Crippen molar-refractivity contribution in [3.8, 4) is 0 Å². The van der Waals surface area contributed by atoms with Crippen LogP contribution in [0.5, 0.6) is 0 Å². The van der Waals surface area contributed by atoms with Crippen molar-refractivity contribution in [3.05, 3.63) is 0 Å². The summed E-state index contributed by atoms with van der Waals surface area (Å²) in [4.78, 5) is 39.1. The fourth-order valence-corrected chi connectivity index (χ4v) is 2.85. The van der Waals surface area contributed by atoms with Crippen molar-refractivity contribution in [1.29, 1.82) is 0 Å². The maximum Gasteiger partial charge on any atom is 0.330 e. The van der Waals surface area contributed by atoms with Crippen LogP contribution in [0.4, 0.5) is 4.79 Å². The van der Waals surface area contributed by atoms with Gasteiger partial charge in [-0.3, -0.25) is 19.8 Å². The van der Waals surface area contributed by atoms with Crippen LogP contribution in [-0.2, 0) is 9.59 Å². The van der Waals surface area contributed by atoms with Gasteiger partial charge >= 0.3 is 6.03 Å². The van der Waals surface area contributed by atoms with Crippen LogP contribution in [-0.4, -0.2) is 54.8 Å². The van der Waals surface area contributed by atoms with Crippen LogP contribution >= 0.6 is 0 Å². The number of nitrogens with one attached hydrogen (secondary N) is 1. The Morgan fingerprint density at radius 3 is 2.42 bits per heavy atom. The Hall–Kier alpha value is -1.43. The number of hydrogen-bond donors (Lipinski definition) is 1. The van der Waals surface area contributed by atoms with Gasteiger partial charge in [0, 0.05) is 13.1 Å². The van der Waals surface area contributed by atoms with Crippen molar-refractivity contribution in [2.24, 2.45) is 11.8 Å². The highest BCUT2D eigenvalue weighted by Gasteiger charge is 2.44. The molecule has 4 amide bonds. The number of barbiturate groups is 1. The normalized spacial score (nSPS) is 25.3. The predicted octanol–water partition coefficient (Wildman–Crippen LogP) is 0.433. The highest BCUT2D eigenvalue weighted by molar-refractivity contribution is 6.16. The SMILES string of the molecule is CN(C)CCN1C(=O)NC(=O)C(C2CCCC2)C1=O. The van der Waals surface area contributed by atoms with Gasteiger partial charge in [0.15, 0.2) is 0 Å². The molecule has 2 fully saturated rings. The second-order valence-corrected chi connectivity index (χ2v) is 5.61. The van der Waals surface area contributed by atoms with Gasteiger partial charge in [0.05, 0.1) is 0 Å². The lowest BCUT2D eigenvalue weighted by Crippen LogP contribution is -2.60. The smallest absolute Gasteiger partial charge is 0.308 e. The van der Waals surface area contributed by atoms with E-state index in [0.29, 0.717) is 13.1 Å². The highest BCUT2D eigenvalue weighted by Crippen LogP contribution is 2.33. The summed E-state index contributed by atoms with van der Waals surface area (Å²) in [6.45, 7) is 0.929. The molecule has 2 rings (SSSR count). The average Bonchev–Trinajstić information content (AvgIpc) is 2.81. The molecule has 0 aromatic heterocycles. The van der Waals surface area contributed by atoms with Crippen LogP contribution in [0.2, 0.25) is 0 Å². The number of carbonyl (C=O) groups is 3. The Bertz CT molecular complexity index is 389. The van der Waals surface area contributed by atoms with E-state index < -0.39 is 17.9 Å². The van der Waals surface area contributed by atoms with Crippen molar-refractivity contribution in [2.45, 2.75) is 25.7 Å². The molecule has 1 saturated carbocycles. The molecule has 0 aromatic rings.